The van der Waals surface area contributed by atoms with Gasteiger partial charge in [-0.1, -0.05) is 12.0 Å². The lowest BCUT2D eigenvalue weighted by Crippen LogP contribution is -2.29. The summed E-state index contributed by atoms with van der Waals surface area (Å²) in [6, 6.07) is 5.43. The second-order valence-corrected chi connectivity index (χ2v) is 5.33. The lowest BCUT2D eigenvalue weighted by molar-refractivity contribution is -0.117. The number of nitrogens with zero attached hydrogens (tertiary/aromatic N) is 3. The van der Waals surface area contributed by atoms with Crippen molar-refractivity contribution in [2.75, 3.05) is 11.9 Å². The number of hydrogen-bond acceptors (Lipinski definition) is 4. The largest absolute Gasteiger partial charge is 0.480 e. The molecule has 7 heteroatoms. The predicted octanol–water partition coefficient (Wildman–Crippen LogP) is 1.98. The van der Waals surface area contributed by atoms with E-state index in [4.69, 9.17) is 11.2 Å². The number of fused-ring (bicyclic) bond motifs is 1. The zero-order valence-corrected chi connectivity index (χ0v) is 12.5. The van der Waals surface area contributed by atoms with E-state index in [1.54, 1.807) is 4.68 Å². The van der Waals surface area contributed by atoms with Gasteiger partial charge in [0.2, 0.25) is 11.9 Å². The first-order valence-electron chi connectivity index (χ1n) is 6.24. The molecule has 1 aliphatic heterocycles. The highest BCUT2D eigenvalue weighted by Gasteiger charge is 2.27. The number of nitrogens with one attached hydrogen (secondary N) is 1. The van der Waals surface area contributed by atoms with Crippen LogP contribution < -0.4 is 10.1 Å². The Morgan fingerprint density at radius 1 is 1.57 bits per heavy atom. The fourth-order valence-corrected chi connectivity index (χ4v) is 2.74. The molecule has 1 N–H and O–H groups in total. The van der Waals surface area contributed by atoms with Gasteiger partial charge in [-0.3, -0.25) is 10.1 Å². The molecule has 0 saturated carbocycles. The van der Waals surface area contributed by atoms with Gasteiger partial charge in [-0.05, 0) is 33.6 Å². The third-order valence-electron chi connectivity index (χ3n) is 3.15. The predicted molar refractivity (Wildman–Crippen MR) is 79.9 cm³/mol. The van der Waals surface area contributed by atoms with E-state index in [1.807, 2.05) is 18.2 Å². The number of benzene rings is 1. The van der Waals surface area contributed by atoms with Gasteiger partial charge in [0.05, 0.1) is 16.9 Å². The number of terminal acetylenes is 1. The van der Waals surface area contributed by atoms with Crippen LogP contribution >= 0.6 is 15.9 Å². The van der Waals surface area contributed by atoms with Crippen molar-refractivity contribution in [3.63, 3.8) is 0 Å². The van der Waals surface area contributed by atoms with Gasteiger partial charge in [0.25, 0.3) is 0 Å². The Balaban J connectivity index is 1.93. The first-order valence-corrected chi connectivity index (χ1v) is 7.03. The van der Waals surface area contributed by atoms with Crippen molar-refractivity contribution >= 4 is 27.8 Å². The van der Waals surface area contributed by atoms with Gasteiger partial charge >= 0.3 is 0 Å². The van der Waals surface area contributed by atoms with Gasteiger partial charge in [-0.25, -0.2) is 4.68 Å². The summed E-state index contributed by atoms with van der Waals surface area (Å²) in [4.78, 5) is 15.8. The average molecular weight is 347 g/mol. The number of aromatic nitrogens is 3. The minimum Gasteiger partial charge on any atom is -0.480 e. The van der Waals surface area contributed by atoms with Crippen molar-refractivity contribution in [3.8, 4) is 18.1 Å². The van der Waals surface area contributed by atoms with Crippen LogP contribution in [0.4, 0.5) is 5.95 Å². The number of amides is 1. The molecule has 1 aromatic carbocycles. The maximum Gasteiger partial charge on any atom is 0.229 e. The van der Waals surface area contributed by atoms with E-state index in [0.29, 0.717) is 18.1 Å². The lowest BCUT2D eigenvalue weighted by atomic mass is 10.0. The van der Waals surface area contributed by atoms with Crippen LogP contribution in [-0.4, -0.2) is 27.3 Å². The van der Waals surface area contributed by atoms with Gasteiger partial charge in [0.1, 0.15) is 18.7 Å². The summed E-state index contributed by atoms with van der Waals surface area (Å²) in [6.45, 7) is 0.205. The normalized spacial score (nSPS) is 16.8. The van der Waals surface area contributed by atoms with E-state index in [2.05, 4.69) is 37.2 Å². The number of carbonyl (C=O) groups excluding carboxylic acids is 1. The van der Waals surface area contributed by atoms with Crippen molar-refractivity contribution in [2.24, 2.45) is 0 Å². The molecule has 0 saturated heterocycles. The summed E-state index contributed by atoms with van der Waals surface area (Å²) < 4.78 is 7.89. The molecule has 106 valence electrons. The van der Waals surface area contributed by atoms with Crippen LogP contribution in [0, 0.1) is 12.3 Å². The Bertz CT molecular complexity index is 735. The Kier molecular flexibility index (Phi) is 3.62. The van der Waals surface area contributed by atoms with Crippen molar-refractivity contribution in [1.29, 1.82) is 0 Å². The number of ether oxygens (including phenoxy) is 1. The molecule has 0 spiro atoms. The Morgan fingerprint density at radius 3 is 3.19 bits per heavy atom. The van der Waals surface area contributed by atoms with Crippen molar-refractivity contribution < 1.29 is 9.53 Å². The molecule has 1 aliphatic rings. The van der Waals surface area contributed by atoms with Gasteiger partial charge in [-0.15, -0.1) is 6.42 Å². The molecule has 0 unspecified atom stereocenters. The summed E-state index contributed by atoms with van der Waals surface area (Å²) in [5, 5.41) is 6.85. The minimum absolute atomic E-state index is 0.0794. The number of carbonyl (C=O) groups is 1. The van der Waals surface area contributed by atoms with Crippen LogP contribution in [0.5, 0.6) is 5.75 Å². The van der Waals surface area contributed by atoms with Crippen LogP contribution in [0.25, 0.3) is 0 Å². The van der Waals surface area contributed by atoms with E-state index in [0.717, 1.165) is 10.0 Å². The van der Waals surface area contributed by atoms with E-state index < -0.39 is 0 Å². The maximum atomic E-state index is 11.7. The van der Waals surface area contributed by atoms with E-state index in [-0.39, 0.29) is 18.6 Å². The van der Waals surface area contributed by atoms with Crippen molar-refractivity contribution in [1.82, 2.24) is 14.8 Å². The standard InChI is InChI=1S/C14H11BrN4O2/c1-2-5-21-12-4-3-9(6-10(12)15)11-7-13(20)18-14-16-8-17-19(11)14/h1,3-4,6,8,11H,5,7H2,(H,16,17,18,20)/t11-/m1/s1. The monoisotopic (exact) mass is 346 g/mol. The molecular formula is C14H11BrN4O2. The zero-order chi connectivity index (χ0) is 14.8. The van der Waals surface area contributed by atoms with Gasteiger partial charge in [0.15, 0.2) is 0 Å². The van der Waals surface area contributed by atoms with Crippen LogP contribution in [0.1, 0.15) is 18.0 Å². The first kappa shape index (κ1) is 13.6. The molecule has 1 aromatic heterocycles. The second-order valence-electron chi connectivity index (χ2n) is 4.48. The molecule has 2 aromatic rings. The summed E-state index contributed by atoms with van der Waals surface area (Å²) in [5.74, 6) is 3.46. The zero-order valence-electron chi connectivity index (χ0n) is 10.9. The van der Waals surface area contributed by atoms with Crippen molar-refractivity contribution in [2.45, 2.75) is 12.5 Å². The fraction of sp³-hybridized carbons (Fsp3) is 0.214. The number of anilines is 1. The summed E-state index contributed by atoms with van der Waals surface area (Å²) in [7, 11) is 0. The van der Waals surface area contributed by atoms with Gasteiger partial charge in [-0.2, -0.15) is 10.1 Å². The Morgan fingerprint density at radius 2 is 2.43 bits per heavy atom. The Labute approximate surface area is 129 Å². The third-order valence-corrected chi connectivity index (χ3v) is 3.77. The topological polar surface area (TPSA) is 69.0 Å². The molecule has 0 bridgehead atoms. The fourth-order valence-electron chi connectivity index (χ4n) is 2.23. The Hall–Kier alpha value is -2.33. The van der Waals surface area contributed by atoms with Gasteiger partial charge in [0, 0.05) is 0 Å². The smallest absolute Gasteiger partial charge is 0.229 e. The molecular weight excluding hydrogens is 336 g/mol. The molecule has 3 rings (SSSR count). The summed E-state index contributed by atoms with van der Waals surface area (Å²) in [6.07, 6.45) is 6.91. The molecule has 2 heterocycles. The highest BCUT2D eigenvalue weighted by atomic mass is 79.9. The summed E-state index contributed by atoms with van der Waals surface area (Å²) >= 11 is 3.45. The van der Waals surface area contributed by atoms with Gasteiger partial charge < -0.3 is 4.74 Å². The van der Waals surface area contributed by atoms with E-state index >= 15 is 0 Å². The SMILES string of the molecule is C#CCOc1ccc([C@H]2CC(=O)Nc3ncnn32)cc1Br. The van der Waals surface area contributed by atoms with E-state index in [1.165, 1.54) is 6.33 Å². The molecule has 1 amide bonds. The molecule has 1 atom stereocenters. The van der Waals surface area contributed by atoms with Crippen LogP contribution in [0.2, 0.25) is 0 Å². The van der Waals surface area contributed by atoms with E-state index in [9.17, 15) is 4.79 Å². The number of halogens is 1. The first-order chi connectivity index (χ1) is 10.2. The lowest BCUT2D eigenvalue weighted by Gasteiger charge is -2.24. The van der Waals surface area contributed by atoms with Crippen molar-refractivity contribution in [3.05, 3.63) is 34.6 Å². The van der Waals surface area contributed by atoms with Crippen LogP contribution in [0.15, 0.2) is 29.0 Å². The highest BCUT2D eigenvalue weighted by molar-refractivity contribution is 9.10. The third kappa shape index (κ3) is 2.62. The maximum absolute atomic E-state index is 11.7. The molecule has 0 aliphatic carbocycles. The second kappa shape index (κ2) is 5.58. The summed E-state index contributed by atoms with van der Waals surface area (Å²) in [5.41, 5.74) is 0.941. The molecule has 21 heavy (non-hydrogen) atoms. The van der Waals surface area contributed by atoms with Crippen LogP contribution in [-0.2, 0) is 4.79 Å². The number of rotatable bonds is 3. The number of hydrogen-bond donors (Lipinski definition) is 1. The molecule has 0 fully saturated rings. The molecule has 0 radical (unpaired) electrons. The van der Waals surface area contributed by atoms with Crippen LogP contribution in [0.3, 0.4) is 0 Å². The quantitative estimate of drug-likeness (QED) is 0.863. The highest BCUT2D eigenvalue weighted by Crippen LogP contribution is 2.33. The average Bonchev–Trinajstić information content (AvgIpc) is 2.93. The molecule has 6 nitrogen and oxygen atoms in total. The minimum atomic E-state index is -0.186.